The van der Waals surface area contributed by atoms with Crippen LogP contribution in [0.2, 0.25) is 5.02 Å². The molecule has 3 aromatic rings. The van der Waals surface area contributed by atoms with Gasteiger partial charge in [-0.3, -0.25) is 0 Å². The van der Waals surface area contributed by atoms with E-state index < -0.39 is 0 Å². The second kappa shape index (κ2) is 6.27. The van der Waals surface area contributed by atoms with Gasteiger partial charge in [0.25, 0.3) is 0 Å². The molecule has 3 heteroatoms. The summed E-state index contributed by atoms with van der Waals surface area (Å²) in [6, 6.07) is 16.0. The maximum atomic E-state index is 6.42. The molecule has 0 fully saturated rings. The Labute approximate surface area is 141 Å². The fourth-order valence-corrected chi connectivity index (χ4v) is 2.73. The fourth-order valence-electron chi connectivity index (χ4n) is 2.46. The molecule has 0 atom stereocenters. The van der Waals surface area contributed by atoms with Crippen molar-refractivity contribution in [3.8, 4) is 11.3 Å². The Bertz CT molecular complexity index is 895. The lowest BCUT2D eigenvalue weighted by Gasteiger charge is -2.08. The molecule has 0 spiro atoms. The summed E-state index contributed by atoms with van der Waals surface area (Å²) in [5, 5.41) is 4.69. The Kier molecular flexibility index (Phi) is 4.18. The van der Waals surface area contributed by atoms with Gasteiger partial charge in [0.05, 0.1) is 16.2 Å². The SMILES string of the molecule is C=Cc1ccc2c(Cl)cc(-c3ccc(C(=C)NC)cc3)nc2c1. The summed E-state index contributed by atoms with van der Waals surface area (Å²) in [4.78, 5) is 4.74. The lowest BCUT2D eigenvalue weighted by molar-refractivity contribution is 1.13. The smallest absolute Gasteiger partial charge is 0.0730 e. The van der Waals surface area contributed by atoms with Gasteiger partial charge in [0, 0.05) is 23.7 Å². The second-order valence-corrected chi connectivity index (χ2v) is 5.68. The van der Waals surface area contributed by atoms with Gasteiger partial charge in [-0.25, -0.2) is 4.98 Å². The van der Waals surface area contributed by atoms with Crippen LogP contribution in [0.3, 0.4) is 0 Å². The first kappa shape index (κ1) is 15.3. The van der Waals surface area contributed by atoms with Gasteiger partial charge in [-0.1, -0.05) is 67.2 Å². The number of benzene rings is 2. The molecular formula is C20H17ClN2. The minimum Gasteiger partial charge on any atom is -0.388 e. The predicted molar refractivity (Wildman–Crippen MR) is 100 cm³/mol. The molecule has 3 rings (SSSR count). The topological polar surface area (TPSA) is 24.9 Å². The minimum atomic E-state index is 0.698. The molecule has 1 heterocycles. The number of nitrogens with zero attached hydrogens (tertiary/aromatic N) is 1. The third-order valence-corrected chi connectivity index (χ3v) is 4.16. The molecule has 0 amide bonds. The van der Waals surface area contributed by atoms with Gasteiger partial charge in [0.15, 0.2) is 0 Å². The summed E-state index contributed by atoms with van der Waals surface area (Å²) in [7, 11) is 1.86. The van der Waals surface area contributed by atoms with Gasteiger partial charge in [-0.15, -0.1) is 0 Å². The summed E-state index contributed by atoms with van der Waals surface area (Å²) < 4.78 is 0. The molecule has 0 bridgehead atoms. The molecule has 0 aliphatic heterocycles. The van der Waals surface area contributed by atoms with Crippen molar-refractivity contribution in [1.82, 2.24) is 10.3 Å². The van der Waals surface area contributed by atoms with Gasteiger partial charge in [-0.05, 0) is 23.3 Å². The third-order valence-electron chi connectivity index (χ3n) is 3.85. The van der Waals surface area contributed by atoms with Crippen molar-refractivity contribution < 1.29 is 0 Å². The molecule has 0 aliphatic rings. The monoisotopic (exact) mass is 320 g/mol. The average Bonchev–Trinajstić information content (AvgIpc) is 2.60. The highest BCUT2D eigenvalue weighted by Gasteiger charge is 2.07. The van der Waals surface area contributed by atoms with Crippen LogP contribution in [0.1, 0.15) is 11.1 Å². The molecule has 23 heavy (non-hydrogen) atoms. The molecule has 0 aliphatic carbocycles. The van der Waals surface area contributed by atoms with Crippen molar-refractivity contribution in [3.05, 3.63) is 77.8 Å². The van der Waals surface area contributed by atoms with E-state index in [0.29, 0.717) is 5.02 Å². The highest BCUT2D eigenvalue weighted by molar-refractivity contribution is 6.35. The number of aromatic nitrogens is 1. The minimum absolute atomic E-state index is 0.698. The van der Waals surface area contributed by atoms with E-state index in [-0.39, 0.29) is 0 Å². The summed E-state index contributed by atoms with van der Waals surface area (Å²) in [5.74, 6) is 0. The average molecular weight is 321 g/mol. The van der Waals surface area contributed by atoms with Crippen LogP contribution in [-0.4, -0.2) is 12.0 Å². The van der Waals surface area contributed by atoms with Gasteiger partial charge in [0.2, 0.25) is 0 Å². The Morgan fingerprint density at radius 1 is 1.13 bits per heavy atom. The van der Waals surface area contributed by atoms with E-state index in [1.165, 1.54) is 0 Å². The molecule has 114 valence electrons. The Balaban J connectivity index is 2.08. The number of nitrogens with one attached hydrogen (secondary N) is 1. The number of fused-ring (bicyclic) bond motifs is 1. The lowest BCUT2D eigenvalue weighted by Crippen LogP contribution is -2.02. The molecule has 0 saturated carbocycles. The fraction of sp³-hybridized carbons (Fsp3) is 0.0500. The maximum absolute atomic E-state index is 6.42. The van der Waals surface area contributed by atoms with Crippen molar-refractivity contribution in [3.63, 3.8) is 0 Å². The van der Waals surface area contributed by atoms with E-state index in [9.17, 15) is 0 Å². The first-order valence-corrected chi connectivity index (χ1v) is 7.70. The number of pyridine rings is 1. The summed E-state index contributed by atoms with van der Waals surface area (Å²) in [6.07, 6.45) is 1.81. The van der Waals surface area contributed by atoms with E-state index in [4.69, 9.17) is 16.6 Å². The van der Waals surface area contributed by atoms with Gasteiger partial charge >= 0.3 is 0 Å². The van der Waals surface area contributed by atoms with Crippen LogP contribution >= 0.6 is 11.6 Å². The highest BCUT2D eigenvalue weighted by Crippen LogP contribution is 2.29. The zero-order chi connectivity index (χ0) is 16.4. The zero-order valence-corrected chi connectivity index (χ0v) is 13.7. The largest absolute Gasteiger partial charge is 0.388 e. The van der Waals surface area contributed by atoms with Crippen LogP contribution in [0, 0.1) is 0 Å². The molecule has 0 radical (unpaired) electrons. The van der Waals surface area contributed by atoms with Gasteiger partial charge < -0.3 is 5.32 Å². The van der Waals surface area contributed by atoms with Gasteiger partial charge in [-0.2, -0.15) is 0 Å². The van der Waals surface area contributed by atoms with E-state index in [1.807, 2.05) is 55.6 Å². The third kappa shape index (κ3) is 2.99. The number of hydrogen-bond donors (Lipinski definition) is 1. The first-order valence-electron chi connectivity index (χ1n) is 7.32. The number of halogens is 1. The van der Waals surface area contributed by atoms with Crippen LogP contribution in [0.25, 0.3) is 33.9 Å². The van der Waals surface area contributed by atoms with Crippen molar-refractivity contribution in [2.24, 2.45) is 0 Å². The van der Waals surface area contributed by atoms with Crippen molar-refractivity contribution in [2.75, 3.05) is 7.05 Å². The lowest BCUT2D eigenvalue weighted by atomic mass is 10.1. The molecule has 2 aromatic carbocycles. The molecule has 0 unspecified atom stereocenters. The second-order valence-electron chi connectivity index (χ2n) is 5.28. The van der Waals surface area contributed by atoms with E-state index >= 15 is 0 Å². The predicted octanol–water partition coefficient (Wildman–Crippen LogP) is 5.39. The number of rotatable bonds is 4. The molecule has 0 saturated heterocycles. The Morgan fingerprint density at radius 3 is 2.52 bits per heavy atom. The van der Waals surface area contributed by atoms with E-state index in [1.54, 1.807) is 6.08 Å². The normalized spacial score (nSPS) is 10.5. The highest BCUT2D eigenvalue weighted by atomic mass is 35.5. The standard InChI is InChI=1S/C20H17ClN2/c1-4-14-5-10-17-18(21)12-19(23-20(17)11-14)16-8-6-15(7-9-16)13(2)22-3/h4-12,22H,1-2H2,3H3. The van der Waals surface area contributed by atoms with Crippen molar-refractivity contribution >= 4 is 34.3 Å². The van der Waals surface area contributed by atoms with Crippen LogP contribution < -0.4 is 5.32 Å². The molecule has 2 nitrogen and oxygen atoms in total. The molecule has 1 N–H and O–H groups in total. The van der Waals surface area contributed by atoms with Crippen LogP contribution in [0.5, 0.6) is 0 Å². The summed E-state index contributed by atoms with van der Waals surface area (Å²) >= 11 is 6.42. The van der Waals surface area contributed by atoms with E-state index in [2.05, 4.69) is 18.5 Å². The van der Waals surface area contributed by atoms with Crippen LogP contribution in [0.15, 0.2) is 61.7 Å². The maximum Gasteiger partial charge on any atom is 0.0730 e. The molecule has 1 aromatic heterocycles. The molecular weight excluding hydrogens is 304 g/mol. The van der Waals surface area contributed by atoms with Crippen molar-refractivity contribution in [2.45, 2.75) is 0 Å². The summed E-state index contributed by atoms with van der Waals surface area (Å²) in [5.41, 5.74) is 5.71. The Morgan fingerprint density at radius 2 is 1.87 bits per heavy atom. The van der Waals surface area contributed by atoms with Gasteiger partial charge in [0.1, 0.15) is 0 Å². The quantitative estimate of drug-likeness (QED) is 0.697. The first-order chi connectivity index (χ1) is 11.1. The van der Waals surface area contributed by atoms with Crippen molar-refractivity contribution in [1.29, 1.82) is 0 Å². The zero-order valence-electron chi connectivity index (χ0n) is 12.9. The van der Waals surface area contributed by atoms with Crippen LogP contribution in [0.4, 0.5) is 0 Å². The van der Waals surface area contributed by atoms with Crippen LogP contribution in [-0.2, 0) is 0 Å². The summed E-state index contributed by atoms with van der Waals surface area (Å²) in [6.45, 7) is 7.76. The Hall–Kier alpha value is -2.58. The number of hydrogen-bond acceptors (Lipinski definition) is 2. The van der Waals surface area contributed by atoms with E-state index in [0.717, 1.165) is 39.0 Å².